The van der Waals surface area contributed by atoms with E-state index in [-0.39, 0.29) is 11.3 Å². The van der Waals surface area contributed by atoms with Crippen LogP contribution >= 0.6 is 0 Å². The van der Waals surface area contributed by atoms with Crippen molar-refractivity contribution in [3.8, 4) is 17.2 Å². The van der Waals surface area contributed by atoms with E-state index in [0.29, 0.717) is 37.1 Å². The van der Waals surface area contributed by atoms with Crippen LogP contribution in [-0.4, -0.2) is 38.3 Å². The summed E-state index contributed by atoms with van der Waals surface area (Å²) < 4.78 is 34.9. The fourth-order valence-electron chi connectivity index (χ4n) is 2.48. The van der Waals surface area contributed by atoms with Gasteiger partial charge in [-0.25, -0.2) is 9.18 Å². The van der Waals surface area contributed by atoms with Gasteiger partial charge in [-0.15, -0.1) is 0 Å². The molecule has 156 valence electrons. The van der Waals surface area contributed by atoms with Crippen LogP contribution in [-0.2, 0) is 9.53 Å². The van der Waals surface area contributed by atoms with Gasteiger partial charge in [-0.1, -0.05) is 6.07 Å². The van der Waals surface area contributed by atoms with E-state index in [1.165, 1.54) is 30.3 Å². The molecular formula is C21H24FNO6. The lowest BCUT2D eigenvalue weighted by Gasteiger charge is -2.16. The molecular weight excluding hydrogens is 381 g/mol. The summed E-state index contributed by atoms with van der Waals surface area (Å²) in [6, 6.07) is 8.36. The Kier molecular flexibility index (Phi) is 8.27. The Hall–Kier alpha value is -3.29. The molecule has 2 aromatic rings. The third kappa shape index (κ3) is 6.38. The predicted molar refractivity (Wildman–Crippen MR) is 105 cm³/mol. The minimum Gasteiger partial charge on any atom is -0.490 e. The fraction of sp³-hybridized carbons (Fsp3) is 0.333. The molecule has 0 aromatic heterocycles. The number of carbonyl (C=O) groups excluding carboxylic acids is 2. The molecule has 7 nitrogen and oxygen atoms in total. The molecule has 0 aliphatic heterocycles. The van der Waals surface area contributed by atoms with Crippen molar-refractivity contribution in [1.29, 1.82) is 0 Å². The predicted octanol–water partition coefficient (Wildman–Crippen LogP) is 3.82. The SMILES string of the molecule is CCOc1cc(C(=O)OCC(=O)Nc2cccc(F)c2)cc(OCC)c1OCC. The van der Waals surface area contributed by atoms with Crippen LogP contribution in [0, 0.1) is 5.82 Å². The van der Waals surface area contributed by atoms with Gasteiger partial charge in [-0.3, -0.25) is 4.79 Å². The van der Waals surface area contributed by atoms with Crippen molar-refractivity contribution in [1.82, 2.24) is 0 Å². The average molecular weight is 405 g/mol. The number of esters is 1. The minimum absolute atomic E-state index is 0.152. The van der Waals surface area contributed by atoms with Gasteiger partial charge in [-0.05, 0) is 51.1 Å². The minimum atomic E-state index is -0.732. The largest absolute Gasteiger partial charge is 0.490 e. The van der Waals surface area contributed by atoms with Gasteiger partial charge in [0.15, 0.2) is 18.1 Å². The Labute approximate surface area is 168 Å². The molecule has 0 spiro atoms. The highest BCUT2D eigenvalue weighted by Gasteiger charge is 2.20. The maximum Gasteiger partial charge on any atom is 0.338 e. The van der Waals surface area contributed by atoms with Gasteiger partial charge in [0.05, 0.1) is 25.4 Å². The Balaban J connectivity index is 2.11. The van der Waals surface area contributed by atoms with Crippen LogP contribution in [0.25, 0.3) is 0 Å². The Bertz CT molecular complexity index is 828. The molecule has 2 aromatic carbocycles. The molecule has 0 heterocycles. The number of nitrogens with one attached hydrogen (secondary N) is 1. The number of hydrogen-bond acceptors (Lipinski definition) is 6. The number of amides is 1. The second-order valence-electron chi connectivity index (χ2n) is 5.74. The number of rotatable bonds is 10. The molecule has 0 aliphatic carbocycles. The summed E-state index contributed by atoms with van der Waals surface area (Å²) in [4.78, 5) is 24.4. The molecule has 8 heteroatoms. The smallest absolute Gasteiger partial charge is 0.338 e. The van der Waals surface area contributed by atoms with Crippen LogP contribution in [0.1, 0.15) is 31.1 Å². The molecule has 29 heavy (non-hydrogen) atoms. The number of halogens is 1. The van der Waals surface area contributed by atoms with Crippen molar-refractivity contribution in [2.45, 2.75) is 20.8 Å². The number of ether oxygens (including phenoxy) is 4. The fourth-order valence-corrected chi connectivity index (χ4v) is 2.48. The summed E-state index contributed by atoms with van der Waals surface area (Å²) in [6.45, 7) is 6.02. The van der Waals surface area contributed by atoms with Gasteiger partial charge in [0.1, 0.15) is 5.82 Å². The quantitative estimate of drug-likeness (QED) is 0.605. The van der Waals surface area contributed by atoms with Gasteiger partial charge in [0, 0.05) is 5.69 Å². The normalized spacial score (nSPS) is 10.2. The van der Waals surface area contributed by atoms with Crippen molar-refractivity contribution >= 4 is 17.6 Å². The van der Waals surface area contributed by atoms with Crippen LogP contribution < -0.4 is 19.5 Å². The van der Waals surface area contributed by atoms with Gasteiger partial charge >= 0.3 is 5.97 Å². The second kappa shape index (κ2) is 10.9. The first kappa shape index (κ1) is 22.0. The zero-order chi connectivity index (χ0) is 21.2. The summed E-state index contributed by atoms with van der Waals surface area (Å²) >= 11 is 0. The van der Waals surface area contributed by atoms with Crippen molar-refractivity contribution in [2.24, 2.45) is 0 Å². The zero-order valence-electron chi connectivity index (χ0n) is 16.6. The first-order valence-corrected chi connectivity index (χ1v) is 9.27. The van der Waals surface area contributed by atoms with Crippen LogP contribution in [0.2, 0.25) is 0 Å². The van der Waals surface area contributed by atoms with Crippen molar-refractivity contribution in [2.75, 3.05) is 31.7 Å². The summed E-state index contributed by atoms with van der Waals surface area (Å²) in [5.41, 5.74) is 0.420. The lowest BCUT2D eigenvalue weighted by molar-refractivity contribution is -0.119. The van der Waals surface area contributed by atoms with E-state index in [9.17, 15) is 14.0 Å². The van der Waals surface area contributed by atoms with Crippen molar-refractivity contribution in [3.63, 3.8) is 0 Å². The molecule has 1 N–H and O–H groups in total. The number of benzene rings is 2. The maximum atomic E-state index is 13.2. The molecule has 1 amide bonds. The molecule has 0 radical (unpaired) electrons. The summed E-state index contributed by atoms with van der Waals surface area (Å²) in [6.07, 6.45) is 0. The Morgan fingerprint density at radius 3 is 2.10 bits per heavy atom. The van der Waals surface area contributed by atoms with Gasteiger partial charge in [-0.2, -0.15) is 0 Å². The van der Waals surface area contributed by atoms with E-state index < -0.39 is 24.3 Å². The lowest BCUT2D eigenvalue weighted by Crippen LogP contribution is -2.21. The van der Waals surface area contributed by atoms with E-state index in [1.807, 2.05) is 6.92 Å². The highest BCUT2D eigenvalue weighted by molar-refractivity contribution is 5.96. The average Bonchev–Trinajstić information content (AvgIpc) is 2.68. The monoisotopic (exact) mass is 405 g/mol. The molecule has 2 rings (SSSR count). The third-order valence-corrected chi connectivity index (χ3v) is 3.59. The van der Waals surface area contributed by atoms with Crippen LogP contribution in [0.5, 0.6) is 17.2 Å². The number of anilines is 1. The van der Waals surface area contributed by atoms with E-state index >= 15 is 0 Å². The first-order valence-electron chi connectivity index (χ1n) is 9.27. The van der Waals surface area contributed by atoms with E-state index in [4.69, 9.17) is 18.9 Å². The molecule has 0 saturated carbocycles. The third-order valence-electron chi connectivity index (χ3n) is 3.59. The van der Waals surface area contributed by atoms with Crippen molar-refractivity contribution < 1.29 is 32.9 Å². The number of hydrogen-bond donors (Lipinski definition) is 1. The molecule has 0 saturated heterocycles. The zero-order valence-corrected chi connectivity index (χ0v) is 16.6. The van der Waals surface area contributed by atoms with Crippen molar-refractivity contribution in [3.05, 3.63) is 47.8 Å². The summed E-state index contributed by atoms with van der Waals surface area (Å²) in [5, 5.41) is 2.45. The van der Waals surface area contributed by atoms with Gasteiger partial charge in [0.2, 0.25) is 5.75 Å². The summed E-state index contributed by atoms with van der Waals surface area (Å²) in [5.74, 6) is -0.722. The lowest BCUT2D eigenvalue weighted by atomic mass is 10.2. The highest BCUT2D eigenvalue weighted by atomic mass is 19.1. The number of carbonyl (C=O) groups is 2. The molecule has 0 unspecified atom stereocenters. The van der Waals surface area contributed by atoms with Gasteiger partial charge in [0.25, 0.3) is 5.91 Å². The molecule has 0 atom stereocenters. The molecule has 0 bridgehead atoms. The van der Waals surface area contributed by atoms with Crippen LogP contribution in [0.4, 0.5) is 10.1 Å². The van der Waals surface area contributed by atoms with E-state index in [2.05, 4.69) is 5.32 Å². The second-order valence-corrected chi connectivity index (χ2v) is 5.74. The van der Waals surface area contributed by atoms with E-state index in [0.717, 1.165) is 6.07 Å². The Morgan fingerprint density at radius 1 is 0.931 bits per heavy atom. The van der Waals surface area contributed by atoms with Gasteiger partial charge < -0.3 is 24.3 Å². The topological polar surface area (TPSA) is 83.1 Å². The standard InChI is InChI=1S/C21H24FNO6/c1-4-26-17-10-14(11-18(27-5-2)20(17)28-6-3)21(25)29-13-19(24)23-16-9-7-8-15(22)12-16/h7-12H,4-6,13H2,1-3H3,(H,23,24). The molecule has 0 aliphatic rings. The van der Waals surface area contributed by atoms with Crippen LogP contribution in [0.15, 0.2) is 36.4 Å². The van der Waals surface area contributed by atoms with E-state index in [1.54, 1.807) is 13.8 Å². The molecule has 0 fully saturated rings. The maximum absolute atomic E-state index is 13.2. The first-order chi connectivity index (χ1) is 14.0. The Morgan fingerprint density at radius 2 is 1.55 bits per heavy atom. The van der Waals surface area contributed by atoms with Crippen LogP contribution in [0.3, 0.4) is 0 Å². The summed E-state index contributed by atoms with van der Waals surface area (Å²) in [7, 11) is 0. The highest BCUT2D eigenvalue weighted by Crippen LogP contribution is 2.39.